The van der Waals surface area contributed by atoms with Crippen LogP contribution < -0.4 is 10.6 Å². The Morgan fingerprint density at radius 1 is 1.62 bits per heavy atom. The van der Waals surface area contributed by atoms with Crippen LogP contribution in [0.1, 0.15) is 6.92 Å². The van der Waals surface area contributed by atoms with Crippen molar-refractivity contribution in [2.75, 3.05) is 31.5 Å². The lowest BCUT2D eigenvalue weighted by atomic mass is 10.2. The topological polar surface area (TPSA) is 57.3 Å². The Balaban J connectivity index is 1.88. The van der Waals surface area contributed by atoms with Gasteiger partial charge in [-0.15, -0.1) is 11.3 Å². The van der Waals surface area contributed by atoms with Crippen molar-refractivity contribution in [3.8, 4) is 0 Å². The van der Waals surface area contributed by atoms with E-state index in [9.17, 15) is 4.79 Å². The summed E-state index contributed by atoms with van der Waals surface area (Å²) in [5, 5.41) is 9.04. The first kappa shape index (κ1) is 11.3. The molecule has 16 heavy (non-hydrogen) atoms. The summed E-state index contributed by atoms with van der Waals surface area (Å²) in [5.41, 5.74) is 0. The Hall–Kier alpha value is -1.14. The van der Waals surface area contributed by atoms with E-state index in [1.54, 1.807) is 6.20 Å². The molecule has 1 saturated heterocycles. The van der Waals surface area contributed by atoms with Crippen LogP contribution in [0.15, 0.2) is 11.6 Å². The van der Waals surface area contributed by atoms with Gasteiger partial charge in [0, 0.05) is 37.8 Å². The number of hydrogen-bond donors (Lipinski definition) is 2. The van der Waals surface area contributed by atoms with E-state index in [0.717, 1.165) is 31.3 Å². The van der Waals surface area contributed by atoms with Crippen LogP contribution in [0.25, 0.3) is 0 Å². The van der Waals surface area contributed by atoms with Gasteiger partial charge in [0.1, 0.15) is 6.04 Å². The third kappa shape index (κ3) is 2.70. The van der Waals surface area contributed by atoms with Crippen molar-refractivity contribution in [3.05, 3.63) is 11.6 Å². The van der Waals surface area contributed by atoms with E-state index in [0.29, 0.717) is 0 Å². The fourth-order valence-electron chi connectivity index (χ4n) is 1.70. The normalized spacial score (nSPS) is 18.2. The molecule has 1 unspecified atom stereocenters. The van der Waals surface area contributed by atoms with Crippen LogP contribution in [0.2, 0.25) is 0 Å². The van der Waals surface area contributed by atoms with Crippen LogP contribution in [0.3, 0.4) is 0 Å². The molecule has 1 aromatic heterocycles. The first-order valence-electron chi connectivity index (χ1n) is 5.43. The quantitative estimate of drug-likeness (QED) is 0.802. The summed E-state index contributed by atoms with van der Waals surface area (Å²) in [5.74, 6) is 0.150. The van der Waals surface area contributed by atoms with Gasteiger partial charge in [-0.1, -0.05) is 0 Å². The van der Waals surface area contributed by atoms with E-state index >= 15 is 0 Å². The van der Waals surface area contributed by atoms with Crippen LogP contribution in [0, 0.1) is 0 Å². The van der Waals surface area contributed by atoms with Crippen LogP contribution in [0.5, 0.6) is 0 Å². The van der Waals surface area contributed by atoms with Gasteiger partial charge in [0.05, 0.1) is 0 Å². The van der Waals surface area contributed by atoms with E-state index in [-0.39, 0.29) is 11.9 Å². The second kappa shape index (κ2) is 5.27. The van der Waals surface area contributed by atoms with Gasteiger partial charge in [0.2, 0.25) is 5.91 Å². The highest BCUT2D eigenvalue weighted by Crippen LogP contribution is 2.12. The van der Waals surface area contributed by atoms with Crippen LogP contribution >= 0.6 is 11.3 Å². The van der Waals surface area contributed by atoms with E-state index < -0.39 is 0 Å². The predicted molar refractivity (Wildman–Crippen MR) is 64.6 cm³/mol. The molecule has 1 aromatic rings. The van der Waals surface area contributed by atoms with Gasteiger partial charge in [-0.3, -0.25) is 4.79 Å². The Bertz CT molecular complexity index is 335. The molecule has 1 amide bonds. The third-order valence-electron chi connectivity index (χ3n) is 2.57. The Morgan fingerprint density at radius 3 is 3.00 bits per heavy atom. The lowest BCUT2D eigenvalue weighted by Crippen LogP contribution is -2.50. The summed E-state index contributed by atoms with van der Waals surface area (Å²) in [7, 11) is 0. The first-order valence-corrected chi connectivity index (χ1v) is 6.31. The summed E-state index contributed by atoms with van der Waals surface area (Å²) in [6, 6.07) is -0.204. The predicted octanol–water partition coefficient (Wildman–Crippen LogP) is 0.375. The zero-order chi connectivity index (χ0) is 11.4. The SMILES string of the molecule is CC(Nc1nccs1)C(=O)N1CCNCC1. The molecule has 0 saturated carbocycles. The zero-order valence-electron chi connectivity index (χ0n) is 9.27. The minimum Gasteiger partial charge on any atom is -0.350 e. The largest absolute Gasteiger partial charge is 0.350 e. The van der Waals surface area contributed by atoms with Crippen molar-refractivity contribution < 1.29 is 4.79 Å². The van der Waals surface area contributed by atoms with E-state index in [1.165, 1.54) is 11.3 Å². The van der Waals surface area contributed by atoms with Gasteiger partial charge in [-0.05, 0) is 6.92 Å². The van der Waals surface area contributed by atoms with Crippen molar-refractivity contribution in [1.82, 2.24) is 15.2 Å². The molecular weight excluding hydrogens is 224 g/mol. The number of nitrogens with one attached hydrogen (secondary N) is 2. The van der Waals surface area contributed by atoms with Crippen LogP contribution in [0.4, 0.5) is 5.13 Å². The van der Waals surface area contributed by atoms with Crippen molar-refractivity contribution in [2.24, 2.45) is 0 Å². The van der Waals surface area contributed by atoms with Crippen LogP contribution in [-0.4, -0.2) is 48.0 Å². The first-order chi connectivity index (χ1) is 7.77. The number of piperazine rings is 1. The van der Waals surface area contributed by atoms with Gasteiger partial charge in [0.25, 0.3) is 0 Å². The molecule has 88 valence electrons. The number of nitrogens with zero attached hydrogens (tertiary/aromatic N) is 2. The number of aromatic nitrogens is 1. The molecule has 2 rings (SSSR count). The van der Waals surface area contributed by atoms with Gasteiger partial charge in [-0.2, -0.15) is 0 Å². The molecule has 2 heterocycles. The summed E-state index contributed by atoms with van der Waals surface area (Å²) >= 11 is 1.51. The molecule has 1 fully saturated rings. The number of hydrogen-bond acceptors (Lipinski definition) is 5. The van der Waals surface area contributed by atoms with Crippen molar-refractivity contribution in [1.29, 1.82) is 0 Å². The Kier molecular flexibility index (Phi) is 3.74. The molecule has 0 aliphatic carbocycles. The van der Waals surface area contributed by atoms with E-state index in [1.807, 2.05) is 17.2 Å². The molecule has 1 atom stereocenters. The summed E-state index contributed by atoms with van der Waals surface area (Å²) in [6.45, 7) is 5.24. The number of amides is 1. The van der Waals surface area contributed by atoms with E-state index in [2.05, 4.69) is 15.6 Å². The van der Waals surface area contributed by atoms with Crippen LogP contribution in [-0.2, 0) is 4.79 Å². The molecule has 6 heteroatoms. The molecule has 5 nitrogen and oxygen atoms in total. The molecule has 0 radical (unpaired) electrons. The molecule has 2 N–H and O–H groups in total. The zero-order valence-corrected chi connectivity index (χ0v) is 10.1. The second-order valence-electron chi connectivity index (χ2n) is 3.78. The number of carbonyl (C=O) groups is 1. The van der Waals surface area contributed by atoms with Crippen molar-refractivity contribution in [3.63, 3.8) is 0 Å². The highest BCUT2D eigenvalue weighted by molar-refractivity contribution is 7.13. The monoisotopic (exact) mass is 240 g/mol. The maximum Gasteiger partial charge on any atom is 0.244 e. The Morgan fingerprint density at radius 2 is 2.38 bits per heavy atom. The van der Waals surface area contributed by atoms with Gasteiger partial charge in [0.15, 0.2) is 5.13 Å². The molecule has 0 spiro atoms. The summed E-state index contributed by atoms with van der Waals surface area (Å²) in [6.07, 6.45) is 1.73. The third-order valence-corrected chi connectivity index (χ3v) is 3.28. The fourth-order valence-corrected chi connectivity index (χ4v) is 2.32. The average Bonchev–Trinajstić information content (AvgIpc) is 2.82. The number of carbonyl (C=O) groups excluding carboxylic acids is 1. The second-order valence-corrected chi connectivity index (χ2v) is 4.67. The number of anilines is 1. The highest BCUT2D eigenvalue weighted by Gasteiger charge is 2.22. The average molecular weight is 240 g/mol. The number of rotatable bonds is 3. The number of thiazole rings is 1. The molecule has 0 bridgehead atoms. The minimum atomic E-state index is -0.204. The highest BCUT2D eigenvalue weighted by atomic mass is 32.1. The minimum absolute atomic E-state index is 0.150. The standard InChI is InChI=1S/C10H16N4OS/c1-8(13-10-12-4-7-16-10)9(15)14-5-2-11-3-6-14/h4,7-8,11H,2-3,5-6H2,1H3,(H,12,13). The maximum absolute atomic E-state index is 12.0. The van der Waals surface area contributed by atoms with Crippen molar-refractivity contribution in [2.45, 2.75) is 13.0 Å². The molecule has 1 aliphatic heterocycles. The lowest BCUT2D eigenvalue weighted by molar-refractivity contribution is -0.132. The van der Waals surface area contributed by atoms with Gasteiger partial charge >= 0.3 is 0 Å². The lowest BCUT2D eigenvalue weighted by Gasteiger charge is -2.29. The summed E-state index contributed by atoms with van der Waals surface area (Å²) in [4.78, 5) is 18.0. The van der Waals surface area contributed by atoms with Crippen molar-refractivity contribution >= 4 is 22.4 Å². The molecular formula is C10H16N4OS. The van der Waals surface area contributed by atoms with Gasteiger partial charge < -0.3 is 15.5 Å². The maximum atomic E-state index is 12.0. The van der Waals surface area contributed by atoms with E-state index in [4.69, 9.17) is 0 Å². The molecule has 0 aromatic carbocycles. The van der Waals surface area contributed by atoms with Gasteiger partial charge in [-0.25, -0.2) is 4.98 Å². The smallest absolute Gasteiger partial charge is 0.244 e. The fraction of sp³-hybridized carbons (Fsp3) is 0.600. The Labute approximate surface area is 98.9 Å². The summed E-state index contributed by atoms with van der Waals surface area (Å²) < 4.78 is 0. The molecule has 1 aliphatic rings.